The van der Waals surface area contributed by atoms with Gasteiger partial charge in [-0.25, -0.2) is 0 Å². The Kier molecular flexibility index (Phi) is 8.12. The number of likely N-dealkylation sites (tertiary alicyclic amines) is 1. The Bertz CT molecular complexity index is 711. The average molecular weight is 382 g/mol. The summed E-state index contributed by atoms with van der Waals surface area (Å²) >= 11 is 0. The number of benzene rings is 1. The molecule has 0 amide bonds. The fourth-order valence-corrected chi connectivity index (χ4v) is 3.32. The Morgan fingerprint density at radius 2 is 1.86 bits per heavy atom. The van der Waals surface area contributed by atoms with Crippen LogP contribution in [-0.2, 0) is 13.1 Å². The van der Waals surface area contributed by atoms with E-state index in [1.165, 1.54) is 43.5 Å². The van der Waals surface area contributed by atoms with Crippen molar-refractivity contribution in [3.63, 3.8) is 0 Å². The molecule has 1 aliphatic rings. The molecule has 1 aromatic carbocycles. The molecule has 6 nitrogen and oxygen atoms in total. The minimum atomic E-state index is 0.553. The van der Waals surface area contributed by atoms with Crippen LogP contribution in [0.1, 0.15) is 30.4 Å². The van der Waals surface area contributed by atoms with Crippen molar-refractivity contribution in [3.8, 4) is 5.75 Å². The zero-order chi connectivity index (χ0) is 19.4. The van der Waals surface area contributed by atoms with Gasteiger partial charge in [0.05, 0.1) is 12.7 Å². The first-order valence-corrected chi connectivity index (χ1v) is 10.1. The fourth-order valence-electron chi connectivity index (χ4n) is 3.32. The van der Waals surface area contributed by atoms with Crippen LogP contribution >= 0.6 is 0 Å². The molecule has 0 spiro atoms. The summed E-state index contributed by atoms with van der Waals surface area (Å²) in [6.45, 7) is 5.49. The van der Waals surface area contributed by atoms with E-state index < -0.39 is 0 Å². The maximum atomic E-state index is 5.63. The van der Waals surface area contributed by atoms with Crippen molar-refractivity contribution in [3.05, 3.63) is 59.9 Å². The minimum Gasteiger partial charge on any atom is -0.490 e. The van der Waals surface area contributed by atoms with Gasteiger partial charge in [0.2, 0.25) is 0 Å². The Morgan fingerprint density at radius 1 is 1.07 bits per heavy atom. The highest BCUT2D eigenvalue weighted by Gasteiger charge is 2.10. The molecule has 1 aliphatic heterocycles. The van der Waals surface area contributed by atoms with Gasteiger partial charge in [0.1, 0.15) is 12.4 Å². The van der Waals surface area contributed by atoms with E-state index in [1.54, 1.807) is 19.4 Å². The standard InChI is InChI=1S/C22H31N5O/c1-23-22(25-12-15-28-21-6-5-11-24-17-21)26-16-19-7-9-20(10-8-19)18-27-13-3-2-4-14-27/h5-11,17H,2-4,12-16,18H2,1H3,(H2,23,25,26). The van der Waals surface area contributed by atoms with Crippen LogP contribution in [0.4, 0.5) is 0 Å². The van der Waals surface area contributed by atoms with Crippen molar-refractivity contribution in [2.75, 3.05) is 33.3 Å². The summed E-state index contributed by atoms with van der Waals surface area (Å²) in [5.74, 6) is 1.55. The maximum absolute atomic E-state index is 5.63. The SMILES string of the molecule is CN=C(NCCOc1cccnc1)NCc1ccc(CN2CCCCC2)cc1. The van der Waals surface area contributed by atoms with Crippen LogP contribution in [0.3, 0.4) is 0 Å². The third-order valence-electron chi connectivity index (χ3n) is 4.86. The van der Waals surface area contributed by atoms with Gasteiger partial charge < -0.3 is 15.4 Å². The minimum absolute atomic E-state index is 0.553. The number of hydrogen-bond acceptors (Lipinski definition) is 4. The quantitative estimate of drug-likeness (QED) is 0.418. The average Bonchev–Trinajstić information content (AvgIpc) is 2.76. The number of piperidine rings is 1. The molecule has 0 radical (unpaired) electrons. The smallest absolute Gasteiger partial charge is 0.191 e. The number of aliphatic imine (C=N–C) groups is 1. The molecule has 0 bridgehead atoms. The molecule has 6 heteroatoms. The Hall–Kier alpha value is -2.60. The number of ether oxygens (including phenoxy) is 1. The van der Waals surface area contributed by atoms with Gasteiger partial charge in [0.25, 0.3) is 0 Å². The first kappa shape index (κ1) is 20.1. The van der Waals surface area contributed by atoms with Gasteiger partial charge in [-0.05, 0) is 49.2 Å². The number of pyridine rings is 1. The van der Waals surface area contributed by atoms with Crippen molar-refractivity contribution >= 4 is 5.96 Å². The lowest BCUT2D eigenvalue weighted by atomic mass is 10.1. The predicted molar refractivity (Wildman–Crippen MR) is 114 cm³/mol. The van der Waals surface area contributed by atoms with Crippen LogP contribution in [0.2, 0.25) is 0 Å². The summed E-state index contributed by atoms with van der Waals surface area (Å²) in [4.78, 5) is 10.8. The zero-order valence-electron chi connectivity index (χ0n) is 16.7. The molecule has 3 rings (SSSR count). The van der Waals surface area contributed by atoms with E-state index in [2.05, 4.69) is 49.8 Å². The third kappa shape index (κ3) is 6.85. The second-order valence-corrected chi connectivity index (χ2v) is 7.04. The van der Waals surface area contributed by atoms with E-state index in [9.17, 15) is 0 Å². The number of aromatic nitrogens is 1. The highest BCUT2D eigenvalue weighted by Crippen LogP contribution is 2.13. The lowest BCUT2D eigenvalue weighted by molar-refractivity contribution is 0.221. The highest BCUT2D eigenvalue weighted by atomic mass is 16.5. The first-order valence-electron chi connectivity index (χ1n) is 10.1. The van der Waals surface area contributed by atoms with Gasteiger partial charge in [0, 0.05) is 26.3 Å². The molecule has 150 valence electrons. The molecule has 0 saturated carbocycles. The van der Waals surface area contributed by atoms with Gasteiger partial charge in [0.15, 0.2) is 5.96 Å². The monoisotopic (exact) mass is 381 g/mol. The number of rotatable bonds is 8. The van der Waals surface area contributed by atoms with Gasteiger partial charge in [-0.1, -0.05) is 30.7 Å². The van der Waals surface area contributed by atoms with Gasteiger partial charge in [-0.3, -0.25) is 14.9 Å². The van der Waals surface area contributed by atoms with Crippen LogP contribution < -0.4 is 15.4 Å². The topological polar surface area (TPSA) is 61.8 Å². The van der Waals surface area contributed by atoms with Gasteiger partial charge in [-0.15, -0.1) is 0 Å². The Balaban J connectivity index is 1.36. The number of hydrogen-bond donors (Lipinski definition) is 2. The summed E-state index contributed by atoms with van der Waals surface area (Å²) in [5, 5.41) is 6.61. The molecule has 1 aromatic heterocycles. The number of nitrogens with zero attached hydrogens (tertiary/aromatic N) is 3. The summed E-state index contributed by atoms with van der Waals surface area (Å²) in [7, 11) is 1.78. The van der Waals surface area contributed by atoms with Crippen LogP contribution in [-0.4, -0.2) is 49.1 Å². The van der Waals surface area contributed by atoms with Crippen molar-refractivity contribution < 1.29 is 4.74 Å². The molecule has 2 N–H and O–H groups in total. The molecule has 0 aliphatic carbocycles. The van der Waals surface area contributed by atoms with E-state index >= 15 is 0 Å². The molecule has 0 unspecified atom stereocenters. The van der Waals surface area contributed by atoms with Crippen LogP contribution in [0, 0.1) is 0 Å². The first-order chi connectivity index (χ1) is 13.8. The number of guanidine groups is 1. The summed E-state index contributed by atoms with van der Waals surface area (Å²) in [6, 6.07) is 12.6. The Labute approximate surface area is 168 Å². The van der Waals surface area contributed by atoms with E-state index in [4.69, 9.17) is 4.74 Å². The lowest BCUT2D eigenvalue weighted by Gasteiger charge is -2.26. The summed E-state index contributed by atoms with van der Waals surface area (Å²) in [6.07, 6.45) is 7.49. The van der Waals surface area contributed by atoms with Crippen molar-refractivity contribution in [1.29, 1.82) is 0 Å². The molecule has 1 saturated heterocycles. The van der Waals surface area contributed by atoms with E-state index in [-0.39, 0.29) is 0 Å². The van der Waals surface area contributed by atoms with Gasteiger partial charge in [-0.2, -0.15) is 0 Å². The molecule has 28 heavy (non-hydrogen) atoms. The second-order valence-electron chi connectivity index (χ2n) is 7.04. The summed E-state index contributed by atoms with van der Waals surface area (Å²) in [5.41, 5.74) is 2.64. The van der Waals surface area contributed by atoms with Crippen LogP contribution in [0.25, 0.3) is 0 Å². The molecular weight excluding hydrogens is 350 g/mol. The van der Waals surface area contributed by atoms with Crippen LogP contribution in [0.15, 0.2) is 53.8 Å². The fraction of sp³-hybridized carbons (Fsp3) is 0.455. The van der Waals surface area contributed by atoms with Gasteiger partial charge >= 0.3 is 0 Å². The third-order valence-corrected chi connectivity index (χ3v) is 4.86. The van der Waals surface area contributed by atoms with Crippen molar-refractivity contribution in [1.82, 2.24) is 20.5 Å². The summed E-state index contributed by atoms with van der Waals surface area (Å²) < 4.78 is 5.63. The largest absolute Gasteiger partial charge is 0.490 e. The maximum Gasteiger partial charge on any atom is 0.191 e. The van der Waals surface area contributed by atoms with E-state index in [1.807, 2.05) is 12.1 Å². The Morgan fingerprint density at radius 3 is 2.57 bits per heavy atom. The molecular formula is C22H31N5O. The molecule has 2 aromatic rings. The molecule has 1 fully saturated rings. The molecule has 0 atom stereocenters. The lowest BCUT2D eigenvalue weighted by Crippen LogP contribution is -2.38. The molecule has 2 heterocycles. The highest BCUT2D eigenvalue weighted by molar-refractivity contribution is 5.79. The van der Waals surface area contributed by atoms with Crippen molar-refractivity contribution in [2.45, 2.75) is 32.4 Å². The second kappa shape index (κ2) is 11.3. The van der Waals surface area contributed by atoms with E-state index in [0.29, 0.717) is 13.2 Å². The van der Waals surface area contributed by atoms with E-state index in [0.717, 1.165) is 24.8 Å². The number of nitrogens with one attached hydrogen (secondary N) is 2. The van der Waals surface area contributed by atoms with Crippen molar-refractivity contribution in [2.24, 2.45) is 4.99 Å². The van der Waals surface area contributed by atoms with Crippen LogP contribution in [0.5, 0.6) is 5.75 Å². The predicted octanol–water partition coefficient (Wildman–Crippen LogP) is 2.81. The zero-order valence-corrected chi connectivity index (χ0v) is 16.7. The normalized spacial score (nSPS) is 15.2.